The van der Waals surface area contributed by atoms with E-state index in [0.717, 1.165) is 10.0 Å². The maximum Gasteiger partial charge on any atom is 0.349 e. The number of hydrogen-bond donors (Lipinski definition) is 1. The van der Waals surface area contributed by atoms with E-state index in [2.05, 4.69) is 21.0 Å². The van der Waals surface area contributed by atoms with Gasteiger partial charge in [0.15, 0.2) is 0 Å². The monoisotopic (exact) mass is 569 g/mol. The van der Waals surface area contributed by atoms with E-state index in [1.165, 1.54) is 4.52 Å². The van der Waals surface area contributed by atoms with E-state index in [9.17, 15) is 9.59 Å². The first kappa shape index (κ1) is 26.1. The molecule has 1 amide bonds. The number of benzene rings is 2. The topological polar surface area (TPSA) is 85.6 Å². The Labute approximate surface area is 223 Å². The Morgan fingerprint density at radius 2 is 1.86 bits per heavy atom. The Balaban J connectivity index is 1.90. The van der Waals surface area contributed by atoms with Gasteiger partial charge in [-0.2, -0.15) is 9.61 Å². The van der Waals surface area contributed by atoms with Crippen molar-refractivity contribution in [2.75, 3.05) is 13.1 Å². The van der Waals surface area contributed by atoms with Crippen molar-refractivity contribution in [2.24, 2.45) is 5.73 Å². The van der Waals surface area contributed by atoms with Crippen LogP contribution in [0.3, 0.4) is 0 Å². The van der Waals surface area contributed by atoms with Crippen molar-refractivity contribution in [3.63, 3.8) is 0 Å². The minimum Gasteiger partial charge on any atom is -0.330 e. The van der Waals surface area contributed by atoms with Gasteiger partial charge in [-0.3, -0.25) is 9.36 Å². The van der Waals surface area contributed by atoms with Gasteiger partial charge < -0.3 is 10.6 Å². The summed E-state index contributed by atoms with van der Waals surface area (Å²) in [7, 11) is 0. The normalized spacial score (nSPS) is 12.1. The SMILES string of the molecule is CCC(c1cc2c(Cl)c(C)nn2c(=O)n1Cc1ccccc1)N(CCCN)C(=O)c1ccc(Br)cc1. The highest BCUT2D eigenvalue weighted by molar-refractivity contribution is 9.10. The van der Waals surface area contributed by atoms with Crippen LogP contribution in [0.2, 0.25) is 5.02 Å². The van der Waals surface area contributed by atoms with Crippen molar-refractivity contribution in [1.82, 2.24) is 19.1 Å². The molecule has 0 spiro atoms. The first-order valence-corrected chi connectivity index (χ1v) is 13.1. The summed E-state index contributed by atoms with van der Waals surface area (Å²) in [6, 6.07) is 18.6. The summed E-state index contributed by atoms with van der Waals surface area (Å²) >= 11 is 9.98. The van der Waals surface area contributed by atoms with E-state index in [1.807, 2.05) is 60.4 Å². The molecule has 0 saturated heterocycles. The molecule has 9 heteroatoms. The fourth-order valence-corrected chi connectivity index (χ4v) is 4.88. The summed E-state index contributed by atoms with van der Waals surface area (Å²) in [5.74, 6) is -0.114. The molecular weight excluding hydrogens is 542 g/mol. The zero-order chi connectivity index (χ0) is 25.8. The largest absolute Gasteiger partial charge is 0.349 e. The van der Waals surface area contributed by atoms with Crippen LogP contribution < -0.4 is 11.4 Å². The molecule has 2 N–H and O–H groups in total. The Bertz CT molecular complexity index is 1420. The van der Waals surface area contributed by atoms with Gasteiger partial charge in [-0.1, -0.05) is 64.8 Å². The second-order valence-corrected chi connectivity index (χ2v) is 9.99. The Kier molecular flexibility index (Phi) is 8.28. The highest BCUT2D eigenvalue weighted by Crippen LogP contribution is 2.30. The fraction of sp³-hybridized carbons (Fsp3) is 0.296. The van der Waals surface area contributed by atoms with E-state index in [0.29, 0.717) is 60.0 Å². The molecule has 0 aliphatic carbocycles. The van der Waals surface area contributed by atoms with Gasteiger partial charge in [-0.25, -0.2) is 4.79 Å². The summed E-state index contributed by atoms with van der Waals surface area (Å²) < 4.78 is 3.94. The van der Waals surface area contributed by atoms with Crippen LogP contribution >= 0.6 is 27.5 Å². The zero-order valence-electron chi connectivity index (χ0n) is 20.3. The van der Waals surface area contributed by atoms with Gasteiger partial charge in [0.1, 0.15) is 0 Å². The molecule has 4 aromatic rings. The maximum absolute atomic E-state index is 13.8. The van der Waals surface area contributed by atoms with Gasteiger partial charge in [0, 0.05) is 22.3 Å². The van der Waals surface area contributed by atoms with Crippen LogP contribution in [0.25, 0.3) is 5.52 Å². The number of nitrogens with two attached hydrogens (primary N) is 1. The smallest absolute Gasteiger partial charge is 0.330 e. The number of carbonyl (C=O) groups excluding carboxylic acids is 1. The molecular formula is C27H29BrClN5O2. The van der Waals surface area contributed by atoms with Crippen molar-refractivity contribution in [2.45, 2.75) is 39.3 Å². The Morgan fingerprint density at radius 1 is 1.17 bits per heavy atom. The third-order valence-electron chi connectivity index (χ3n) is 6.27. The zero-order valence-corrected chi connectivity index (χ0v) is 22.7. The number of fused-ring (bicyclic) bond motifs is 1. The second kappa shape index (κ2) is 11.4. The van der Waals surface area contributed by atoms with E-state index in [1.54, 1.807) is 23.6 Å². The Hall–Kier alpha value is -2.94. The lowest BCUT2D eigenvalue weighted by Gasteiger charge is -2.33. The van der Waals surface area contributed by atoms with Crippen LogP contribution in [0.4, 0.5) is 0 Å². The van der Waals surface area contributed by atoms with Crippen LogP contribution in [0.1, 0.15) is 53.1 Å². The predicted octanol–water partition coefficient (Wildman–Crippen LogP) is 5.21. The Morgan fingerprint density at radius 3 is 2.50 bits per heavy atom. The number of aromatic nitrogens is 3. The second-order valence-electron chi connectivity index (χ2n) is 8.69. The minimum absolute atomic E-state index is 0.114. The molecule has 2 aromatic heterocycles. The van der Waals surface area contributed by atoms with E-state index < -0.39 is 0 Å². The highest BCUT2D eigenvalue weighted by Gasteiger charge is 2.29. The number of rotatable bonds is 9. The molecule has 36 heavy (non-hydrogen) atoms. The average molecular weight is 571 g/mol. The lowest BCUT2D eigenvalue weighted by Crippen LogP contribution is -2.40. The first-order chi connectivity index (χ1) is 17.3. The molecule has 0 bridgehead atoms. The van der Waals surface area contributed by atoms with Crippen LogP contribution in [0.5, 0.6) is 0 Å². The number of hydrogen-bond acceptors (Lipinski definition) is 4. The molecule has 0 fully saturated rings. The standard InChI is InChI=1S/C27H29BrClN5O2/c1-3-22(32(15-7-14-30)26(35)20-10-12-21(28)13-11-20)23-16-24-25(29)18(2)31-34(24)27(36)33(23)17-19-8-5-4-6-9-19/h4-6,8-13,16,22H,3,7,14-15,17,30H2,1-2H3. The van der Waals surface area contributed by atoms with Gasteiger partial charge in [-0.05, 0) is 62.2 Å². The van der Waals surface area contributed by atoms with Crippen molar-refractivity contribution in [3.8, 4) is 0 Å². The molecule has 2 heterocycles. The van der Waals surface area contributed by atoms with E-state index >= 15 is 0 Å². The van der Waals surface area contributed by atoms with Crippen molar-refractivity contribution >= 4 is 39.0 Å². The summed E-state index contributed by atoms with van der Waals surface area (Å²) in [6.45, 7) is 5.04. The molecule has 0 aliphatic rings. The fourth-order valence-electron chi connectivity index (χ4n) is 4.45. The van der Waals surface area contributed by atoms with Crippen molar-refractivity contribution in [3.05, 3.63) is 103 Å². The molecule has 4 rings (SSSR count). The van der Waals surface area contributed by atoms with Crippen LogP contribution in [0.15, 0.2) is 69.9 Å². The first-order valence-electron chi connectivity index (χ1n) is 11.9. The van der Waals surface area contributed by atoms with Gasteiger partial charge in [0.25, 0.3) is 5.91 Å². The predicted molar refractivity (Wildman–Crippen MR) is 147 cm³/mol. The summed E-state index contributed by atoms with van der Waals surface area (Å²) in [5, 5.41) is 4.81. The van der Waals surface area contributed by atoms with Crippen molar-refractivity contribution < 1.29 is 4.79 Å². The number of halogens is 2. The summed E-state index contributed by atoms with van der Waals surface area (Å²) in [5.41, 5.74) is 8.91. The number of nitrogens with zero attached hydrogens (tertiary/aromatic N) is 4. The maximum atomic E-state index is 13.8. The van der Waals surface area contributed by atoms with E-state index in [4.69, 9.17) is 17.3 Å². The molecule has 1 unspecified atom stereocenters. The lowest BCUT2D eigenvalue weighted by molar-refractivity contribution is 0.0660. The molecule has 0 aliphatic heterocycles. The van der Waals surface area contributed by atoms with Crippen LogP contribution in [-0.2, 0) is 6.54 Å². The van der Waals surface area contributed by atoms with Gasteiger partial charge >= 0.3 is 5.69 Å². The molecule has 188 valence electrons. The number of amides is 1. The average Bonchev–Trinajstić information content (AvgIpc) is 3.18. The lowest BCUT2D eigenvalue weighted by atomic mass is 10.0. The molecule has 7 nitrogen and oxygen atoms in total. The van der Waals surface area contributed by atoms with Gasteiger partial charge in [-0.15, -0.1) is 0 Å². The summed E-state index contributed by atoms with van der Waals surface area (Å²) in [4.78, 5) is 29.3. The molecule has 2 aromatic carbocycles. The minimum atomic E-state index is -0.375. The van der Waals surface area contributed by atoms with Gasteiger partial charge in [0.2, 0.25) is 0 Å². The third-order valence-corrected chi connectivity index (χ3v) is 7.27. The summed E-state index contributed by atoms with van der Waals surface area (Å²) in [6.07, 6.45) is 1.23. The van der Waals surface area contributed by atoms with Crippen molar-refractivity contribution in [1.29, 1.82) is 0 Å². The molecule has 0 radical (unpaired) electrons. The van der Waals surface area contributed by atoms with Crippen LogP contribution in [0, 0.1) is 6.92 Å². The highest BCUT2D eigenvalue weighted by atomic mass is 79.9. The van der Waals surface area contributed by atoms with Crippen LogP contribution in [-0.4, -0.2) is 38.1 Å². The number of carbonyl (C=O) groups is 1. The number of aryl methyl sites for hydroxylation is 1. The molecule has 1 atom stereocenters. The quantitative estimate of drug-likeness (QED) is 0.299. The van der Waals surface area contributed by atoms with E-state index in [-0.39, 0.29) is 17.6 Å². The van der Waals surface area contributed by atoms with Gasteiger partial charge in [0.05, 0.1) is 28.8 Å². The third kappa shape index (κ3) is 5.26. The molecule has 0 saturated carbocycles.